The minimum atomic E-state index is -0.240. The summed E-state index contributed by atoms with van der Waals surface area (Å²) >= 11 is 0. The number of carbonyl (C=O) groups excluding carboxylic acids is 1. The summed E-state index contributed by atoms with van der Waals surface area (Å²) in [5, 5.41) is 3.69. The SMILES string of the molecule is O=C(COc1cccc2cccnc12)Nc1cccnc1. The second-order valence-electron chi connectivity index (χ2n) is 4.41. The van der Waals surface area contributed by atoms with E-state index in [1.807, 2.05) is 24.3 Å². The Morgan fingerprint density at radius 2 is 1.95 bits per heavy atom. The lowest BCUT2D eigenvalue weighted by molar-refractivity contribution is -0.118. The number of hydrogen-bond acceptors (Lipinski definition) is 4. The Hall–Kier alpha value is -2.95. The largest absolute Gasteiger partial charge is 0.481 e. The molecule has 1 N–H and O–H groups in total. The van der Waals surface area contributed by atoms with Crippen molar-refractivity contribution in [2.24, 2.45) is 0 Å². The Labute approximate surface area is 121 Å². The number of nitrogens with zero attached hydrogens (tertiary/aromatic N) is 2. The van der Waals surface area contributed by atoms with E-state index in [2.05, 4.69) is 15.3 Å². The standard InChI is InChI=1S/C16H13N3O2/c20-15(19-13-6-3-8-17-10-13)11-21-14-7-1-4-12-5-2-9-18-16(12)14/h1-10H,11H2,(H,19,20). The van der Waals surface area contributed by atoms with E-state index in [1.165, 1.54) is 0 Å². The van der Waals surface area contributed by atoms with E-state index in [0.29, 0.717) is 11.4 Å². The van der Waals surface area contributed by atoms with Crippen LogP contribution in [-0.4, -0.2) is 22.5 Å². The number of amides is 1. The Bertz CT molecular complexity index is 754. The predicted octanol–water partition coefficient (Wildman–Crippen LogP) is 2.65. The summed E-state index contributed by atoms with van der Waals surface area (Å²) in [5.74, 6) is 0.352. The van der Waals surface area contributed by atoms with Crippen LogP contribution in [-0.2, 0) is 4.79 Å². The summed E-state index contributed by atoms with van der Waals surface area (Å²) in [6.07, 6.45) is 4.93. The van der Waals surface area contributed by atoms with Crippen LogP contribution in [0.25, 0.3) is 10.9 Å². The molecule has 0 radical (unpaired) electrons. The first kappa shape index (κ1) is 13.1. The van der Waals surface area contributed by atoms with Crippen LogP contribution in [0.5, 0.6) is 5.75 Å². The third kappa shape index (κ3) is 3.14. The molecular formula is C16H13N3O2. The number of hydrogen-bond donors (Lipinski definition) is 1. The molecule has 0 aliphatic rings. The topological polar surface area (TPSA) is 64.1 Å². The Morgan fingerprint density at radius 1 is 1.10 bits per heavy atom. The molecule has 5 nitrogen and oxygen atoms in total. The average molecular weight is 279 g/mol. The van der Waals surface area contributed by atoms with Crippen molar-refractivity contribution >= 4 is 22.5 Å². The first-order valence-electron chi connectivity index (χ1n) is 6.49. The van der Waals surface area contributed by atoms with Gasteiger partial charge in [-0.2, -0.15) is 0 Å². The third-order valence-electron chi connectivity index (χ3n) is 2.90. The van der Waals surface area contributed by atoms with Gasteiger partial charge in [-0.25, -0.2) is 0 Å². The van der Waals surface area contributed by atoms with Gasteiger partial charge in [0.2, 0.25) is 0 Å². The van der Waals surface area contributed by atoms with Gasteiger partial charge in [-0.05, 0) is 24.3 Å². The molecule has 1 amide bonds. The number of anilines is 1. The quantitative estimate of drug-likeness (QED) is 0.797. The van der Waals surface area contributed by atoms with Crippen molar-refractivity contribution in [3.05, 3.63) is 61.1 Å². The van der Waals surface area contributed by atoms with Gasteiger partial charge in [-0.1, -0.05) is 18.2 Å². The molecule has 0 aliphatic carbocycles. The van der Waals surface area contributed by atoms with Crippen molar-refractivity contribution in [3.63, 3.8) is 0 Å². The number of nitrogens with one attached hydrogen (secondary N) is 1. The molecule has 5 heteroatoms. The second-order valence-corrected chi connectivity index (χ2v) is 4.41. The van der Waals surface area contributed by atoms with Crippen LogP contribution in [0.4, 0.5) is 5.69 Å². The number of pyridine rings is 2. The molecule has 0 spiro atoms. The van der Waals surface area contributed by atoms with E-state index < -0.39 is 0 Å². The van der Waals surface area contributed by atoms with E-state index in [0.717, 1.165) is 10.9 Å². The van der Waals surface area contributed by atoms with E-state index in [-0.39, 0.29) is 12.5 Å². The summed E-state index contributed by atoms with van der Waals surface area (Å²) in [4.78, 5) is 20.0. The Kier molecular flexibility index (Phi) is 3.73. The van der Waals surface area contributed by atoms with Crippen molar-refractivity contribution in [1.82, 2.24) is 9.97 Å². The Balaban J connectivity index is 1.68. The highest BCUT2D eigenvalue weighted by Crippen LogP contribution is 2.22. The molecular weight excluding hydrogens is 266 g/mol. The number of fused-ring (bicyclic) bond motifs is 1. The fraction of sp³-hybridized carbons (Fsp3) is 0.0625. The molecule has 0 aliphatic heterocycles. The van der Waals surface area contributed by atoms with Crippen molar-refractivity contribution in [1.29, 1.82) is 0 Å². The highest BCUT2D eigenvalue weighted by Gasteiger charge is 2.06. The van der Waals surface area contributed by atoms with Crippen molar-refractivity contribution in [3.8, 4) is 5.75 Å². The van der Waals surface area contributed by atoms with E-state index in [4.69, 9.17) is 4.74 Å². The maximum absolute atomic E-state index is 11.8. The van der Waals surface area contributed by atoms with Crippen molar-refractivity contribution in [2.45, 2.75) is 0 Å². The van der Waals surface area contributed by atoms with E-state index in [9.17, 15) is 4.79 Å². The first-order chi connectivity index (χ1) is 10.3. The van der Waals surface area contributed by atoms with Crippen LogP contribution in [0, 0.1) is 0 Å². The third-order valence-corrected chi connectivity index (χ3v) is 2.90. The van der Waals surface area contributed by atoms with Crippen LogP contribution in [0.1, 0.15) is 0 Å². The highest BCUT2D eigenvalue weighted by molar-refractivity contribution is 5.92. The number of para-hydroxylation sites is 1. The summed E-state index contributed by atoms with van der Waals surface area (Å²) in [7, 11) is 0. The molecule has 3 rings (SSSR count). The number of aromatic nitrogens is 2. The van der Waals surface area contributed by atoms with Gasteiger partial charge >= 0.3 is 0 Å². The van der Waals surface area contributed by atoms with Crippen molar-refractivity contribution in [2.75, 3.05) is 11.9 Å². The number of benzene rings is 1. The smallest absolute Gasteiger partial charge is 0.262 e. The molecule has 3 aromatic rings. The average Bonchev–Trinajstić information content (AvgIpc) is 2.54. The molecule has 0 bridgehead atoms. The lowest BCUT2D eigenvalue weighted by Crippen LogP contribution is -2.20. The number of carbonyl (C=O) groups is 1. The van der Waals surface area contributed by atoms with E-state index >= 15 is 0 Å². The molecule has 21 heavy (non-hydrogen) atoms. The molecule has 0 unspecified atom stereocenters. The molecule has 2 heterocycles. The van der Waals surface area contributed by atoms with Crippen molar-refractivity contribution < 1.29 is 9.53 Å². The minimum absolute atomic E-state index is 0.0788. The predicted molar refractivity (Wildman–Crippen MR) is 80.1 cm³/mol. The highest BCUT2D eigenvalue weighted by atomic mass is 16.5. The first-order valence-corrected chi connectivity index (χ1v) is 6.49. The lowest BCUT2D eigenvalue weighted by Gasteiger charge is -2.09. The van der Waals surface area contributed by atoms with Gasteiger partial charge in [0.05, 0.1) is 11.9 Å². The van der Waals surface area contributed by atoms with Crippen LogP contribution >= 0.6 is 0 Å². The zero-order valence-corrected chi connectivity index (χ0v) is 11.2. The maximum Gasteiger partial charge on any atom is 0.262 e. The summed E-state index contributed by atoms with van der Waals surface area (Å²) < 4.78 is 5.56. The fourth-order valence-corrected chi connectivity index (χ4v) is 1.97. The Morgan fingerprint density at radius 3 is 2.81 bits per heavy atom. The maximum atomic E-state index is 11.8. The number of rotatable bonds is 4. The zero-order chi connectivity index (χ0) is 14.5. The molecule has 2 aromatic heterocycles. The normalized spacial score (nSPS) is 10.3. The lowest BCUT2D eigenvalue weighted by atomic mass is 10.2. The van der Waals surface area contributed by atoms with Gasteiger partial charge in [0.15, 0.2) is 6.61 Å². The molecule has 0 saturated heterocycles. The fourth-order valence-electron chi connectivity index (χ4n) is 1.97. The van der Waals surface area contributed by atoms with Crippen LogP contribution in [0.15, 0.2) is 61.1 Å². The van der Waals surface area contributed by atoms with Gasteiger partial charge in [-0.15, -0.1) is 0 Å². The minimum Gasteiger partial charge on any atom is -0.481 e. The van der Waals surface area contributed by atoms with Gasteiger partial charge < -0.3 is 10.1 Å². The van der Waals surface area contributed by atoms with Gasteiger partial charge in [0.1, 0.15) is 11.3 Å². The summed E-state index contributed by atoms with van der Waals surface area (Å²) in [6, 6.07) is 13.0. The van der Waals surface area contributed by atoms with Crippen LogP contribution < -0.4 is 10.1 Å². The molecule has 0 atom stereocenters. The van der Waals surface area contributed by atoms with Gasteiger partial charge in [-0.3, -0.25) is 14.8 Å². The number of ether oxygens (including phenoxy) is 1. The molecule has 0 saturated carbocycles. The van der Waals surface area contributed by atoms with Crippen LogP contribution in [0.3, 0.4) is 0 Å². The monoisotopic (exact) mass is 279 g/mol. The zero-order valence-electron chi connectivity index (χ0n) is 11.2. The van der Waals surface area contributed by atoms with Gasteiger partial charge in [0, 0.05) is 17.8 Å². The molecule has 1 aromatic carbocycles. The second kappa shape index (κ2) is 6.00. The van der Waals surface area contributed by atoms with E-state index in [1.54, 1.807) is 36.8 Å². The summed E-state index contributed by atoms with van der Waals surface area (Å²) in [5.41, 5.74) is 1.39. The van der Waals surface area contributed by atoms with Gasteiger partial charge in [0.25, 0.3) is 5.91 Å². The molecule has 104 valence electrons. The molecule has 0 fully saturated rings. The van der Waals surface area contributed by atoms with Crippen LogP contribution in [0.2, 0.25) is 0 Å². The summed E-state index contributed by atoms with van der Waals surface area (Å²) in [6.45, 7) is -0.0788.